The van der Waals surface area contributed by atoms with Crippen LogP contribution in [0.25, 0.3) is 39.7 Å². The van der Waals surface area contributed by atoms with Gasteiger partial charge in [-0.15, -0.1) is 0 Å². The predicted octanol–water partition coefficient (Wildman–Crippen LogP) is 12.8. The van der Waals surface area contributed by atoms with Gasteiger partial charge in [-0.25, -0.2) is 29.9 Å². The topological polar surface area (TPSA) is 317 Å². The number of carbonyl (C=O) groups excluding carboxylic acids is 5. The monoisotopic (exact) mass is 2000 g/mol. The summed E-state index contributed by atoms with van der Waals surface area (Å²) in [5.74, 6) is 4.84. The number of pyridine rings is 3. The van der Waals surface area contributed by atoms with Gasteiger partial charge in [0.15, 0.2) is 17.5 Å². The molecule has 0 bridgehead atoms. The summed E-state index contributed by atoms with van der Waals surface area (Å²) in [4.78, 5) is 133. The molecule has 12 aliphatic heterocycles. The van der Waals surface area contributed by atoms with Crippen LogP contribution in [-0.4, -0.2) is 304 Å². The van der Waals surface area contributed by atoms with E-state index < -0.39 is 10.8 Å². The van der Waals surface area contributed by atoms with Crippen molar-refractivity contribution in [3.8, 4) is 51.8 Å². The van der Waals surface area contributed by atoms with Crippen molar-refractivity contribution in [3.63, 3.8) is 0 Å². The summed E-state index contributed by atoms with van der Waals surface area (Å²) >= 11 is 0. The summed E-state index contributed by atoms with van der Waals surface area (Å²) < 4.78 is 22.3. The first-order valence-electron chi connectivity index (χ1n) is 52.7. The van der Waals surface area contributed by atoms with E-state index in [-0.39, 0.29) is 53.3 Å². The molecule has 8 saturated heterocycles. The van der Waals surface area contributed by atoms with Gasteiger partial charge in [-0.3, -0.25) is 67.7 Å². The molecule has 0 radical (unpaired) electrons. The van der Waals surface area contributed by atoms with Crippen molar-refractivity contribution in [3.05, 3.63) is 263 Å². The molecular formula is C115H130N26O8. The number of fused-ring (bicyclic) bond motifs is 3. The molecule has 34 heteroatoms. The number of aliphatic imine (C=N–C) groups is 3. The first-order valence-corrected chi connectivity index (χ1v) is 52.7. The quantitative estimate of drug-likeness (QED) is 0.0542. The molecule has 6 aromatic heterocycles. The molecule has 24 rings (SSSR count). The van der Waals surface area contributed by atoms with Gasteiger partial charge in [0.05, 0.1) is 85.5 Å². The number of hydrogen-bond acceptors (Lipinski definition) is 26. The van der Waals surface area contributed by atoms with E-state index in [1.165, 1.54) is 28.1 Å². The number of aromatic nitrogens is 12. The van der Waals surface area contributed by atoms with Crippen LogP contribution in [0.5, 0.6) is 17.6 Å². The predicted molar refractivity (Wildman–Crippen MR) is 575 cm³/mol. The fraction of sp³-hybridized carbons (Fsp3) is 0.417. The number of aryl methyl sites for hydroxylation is 3. The van der Waals surface area contributed by atoms with Crippen molar-refractivity contribution >= 4 is 80.7 Å². The zero-order chi connectivity index (χ0) is 102. The molecule has 768 valence electrons. The van der Waals surface area contributed by atoms with Crippen molar-refractivity contribution in [1.82, 2.24) is 88.6 Å². The molecule has 0 aliphatic carbocycles. The number of likely N-dealkylation sites (tertiary alicyclic amines) is 3. The summed E-state index contributed by atoms with van der Waals surface area (Å²) in [6, 6.07) is 56.1. The Hall–Kier alpha value is -15.0. The average molecular weight is 2000 g/mol. The molecule has 3 unspecified atom stereocenters. The molecule has 6 aromatic carbocycles. The summed E-state index contributed by atoms with van der Waals surface area (Å²) in [6.45, 7) is 30.6. The number of benzene rings is 6. The first kappa shape index (κ1) is 98.6. The summed E-state index contributed by atoms with van der Waals surface area (Å²) in [7, 11) is 5.60. The van der Waals surface area contributed by atoms with E-state index in [9.17, 15) is 24.0 Å². The van der Waals surface area contributed by atoms with E-state index in [0.717, 1.165) is 225 Å². The van der Waals surface area contributed by atoms with Crippen LogP contribution in [0.4, 0.5) is 28.4 Å². The second kappa shape index (κ2) is 41.9. The molecule has 3 spiro atoms. The van der Waals surface area contributed by atoms with Gasteiger partial charge < -0.3 is 53.4 Å². The Labute approximate surface area is 869 Å². The van der Waals surface area contributed by atoms with Crippen LogP contribution < -0.4 is 38.7 Å². The Bertz CT molecular complexity index is 7100. The summed E-state index contributed by atoms with van der Waals surface area (Å²) in [6.07, 6.45) is 19.2. The minimum atomic E-state index is -0.446. The van der Waals surface area contributed by atoms with Crippen LogP contribution in [0.2, 0.25) is 0 Å². The summed E-state index contributed by atoms with van der Waals surface area (Å²) in [5, 5.41) is 13.2. The van der Waals surface area contributed by atoms with Crippen molar-refractivity contribution in [1.29, 1.82) is 0 Å². The Balaban J connectivity index is 0.000000127. The van der Waals surface area contributed by atoms with Gasteiger partial charge in [-0.05, 0) is 237 Å². The third-order valence-electron chi connectivity index (χ3n) is 31.4. The third-order valence-corrected chi connectivity index (χ3v) is 31.4. The number of ether oxygens (including phenoxy) is 3. The van der Waals surface area contributed by atoms with E-state index in [1.807, 2.05) is 155 Å². The normalized spacial score (nSPS) is 20.7. The fourth-order valence-electron chi connectivity index (χ4n) is 23.4. The van der Waals surface area contributed by atoms with Gasteiger partial charge in [0.25, 0.3) is 0 Å². The minimum absolute atomic E-state index is 0.0578. The largest absolute Gasteiger partial charge is 0.475 e. The number of carbonyl (C=O) groups is 5. The SMILES string of the molecule is CC(C)Oc1ccc(C2=NCc3ccc(N4CCC5(CCN(CC(=O)N6CC=C(c7ccc(-c8ncn(C)n8)cc7)CC6)C5)C4=O)cc32)cn1.CC(C)Oc1ccc(C2=NCc3ccc(N4CCC5(CCN(CC(=O)N6CCN(c7ccc(-c8ncn(C)n8)cc7)CC6)C5)C4)cc32)cn1.CC(C)Oc1ccc(C2=NCc3ccc(N4CCC5(CCN(CC(=O)N6CCN(c7ccc(-c8ncn(C)n8)cc7)CC6)C5)C4=O)cc32)cn1. The van der Waals surface area contributed by atoms with E-state index >= 15 is 0 Å². The third kappa shape index (κ3) is 21.2. The number of rotatable bonds is 24. The van der Waals surface area contributed by atoms with Gasteiger partial charge in [0.1, 0.15) is 19.0 Å². The van der Waals surface area contributed by atoms with Crippen LogP contribution in [0, 0.1) is 16.2 Å². The minimum Gasteiger partial charge on any atom is -0.475 e. The number of amides is 5. The van der Waals surface area contributed by atoms with E-state index in [0.29, 0.717) is 121 Å². The van der Waals surface area contributed by atoms with Crippen LogP contribution in [0.1, 0.15) is 142 Å². The lowest BCUT2D eigenvalue weighted by atomic mass is 9.85. The van der Waals surface area contributed by atoms with E-state index in [2.05, 4.69) is 195 Å². The molecule has 12 aromatic rings. The van der Waals surface area contributed by atoms with Crippen molar-refractivity contribution in [2.45, 2.75) is 124 Å². The number of piperazine rings is 2. The molecule has 149 heavy (non-hydrogen) atoms. The molecule has 18 heterocycles. The lowest BCUT2D eigenvalue weighted by molar-refractivity contribution is -0.133. The van der Waals surface area contributed by atoms with Crippen molar-refractivity contribution in [2.75, 3.05) is 175 Å². The van der Waals surface area contributed by atoms with Crippen LogP contribution in [0.15, 0.2) is 222 Å². The molecule has 0 saturated carbocycles. The zero-order valence-electron chi connectivity index (χ0n) is 86.6. The molecular weight excluding hydrogens is 1870 g/mol. The zero-order valence-corrected chi connectivity index (χ0v) is 86.6. The highest BCUT2D eigenvalue weighted by atomic mass is 16.5. The Kier molecular flexibility index (Phi) is 27.8. The Morgan fingerprint density at radius 3 is 1.06 bits per heavy atom. The summed E-state index contributed by atoms with van der Waals surface area (Å²) in [5.41, 5.74) is 22.7. The smallest absolute Gasteiger partial charge is 0.237 e. The van der Waals surface area contributed by atoms with Crippen molar-refractivity contribution in [2.24, 2.45) is 52.4 Å². The molecule has 34 nitrogen and oxygen atoms in total. The molecule has 8 fully saturated rings. The molecule has 0 N–H and O–H groups in total. The highest BCUT2D eigenvalue weighted by Crippen LogP contribution is 2.48. The Morgan fingerprint density at radius 1 is 0.336 bits per heavy atom. The first-order chi connectivity index (χ1) is 72.3. The van der Waals surface area contributed by atoms with Crippen LogP contribution in [0.3, 0.4) is 0 Å². The number of anilines is 5. The van der Waals surface area contributed by atoms with Crippen molar-refractivity contribution < 1.29 is 38.2 Å². The maximum absolute atomic E-state index is 14.1. The lowest BCUT2D eigenvalue weighted by Crippen LogP contribution is -2.51. The maximum atomic E-state index is 14.1. The van der Waals surface area contributed by atoms with Gasteiger partial charge in [0, 0.05) is 253 Å². The van der Waals surface area contributed by atoms with Gasteiger partial charge in [-0.2, -0.15) is 15.3 Å². The highest BCUT2D eigenvalue weighted by molar-refractivity contribution is 6.18. The highest BCUT2D eigenvalue weighted by Gasteiger charge is 2.54. The Morgan fingerprint density at radius 2 is 0.685 bits per heavy atom. The second-order valence-electron chi connectivity index (χ2n) is 42.7. The molecule has 3 atom stereocenters. The average Bonchev–Trinajstić information content (AvgIpc) is 1.60. The molecule has 12 aliphatic rings. The fourth-order valence-corrected chi connectivity index (χ4v) is 23.4. The van der Waals surface area contributed by atoms with Gasteiger partial charge in [0.2, 0.25) is 47.2 Å². The lowest BCUT2D eigenvalue weighted by Gasteiger charge is -2.37. The van der Waals surface area contributed by atoms with Gasteiger partial charge in [-0.1, -0.05) is 48.5 Å². The van der Waals surface area contributed by atoms with Crippen LogP contribution in [-0.2, 0) is 64.7 Å². The second-order valence-corrected chi connectivity index (χ2v) is 42.7. The number of hydrogen-bond donors (Lipinski definition) is 0. The van der Waals surface area contributed by atoms with Crippen LogP contribution >= 0.6 is 0 Å². The number of nitrogens with zero attached hydrogens (tertiary/aromatic N) is 26. The van der Waals surface area contributed by atoms with E-state index in [1.54, 1.807) is 33.0 Å². The van der Waals surface area contributed by atoms with Gasteiger partial charge >= 0.3 is 0 Å². The maximum Gasteiger partial charge on any atom is 0.237 e. The molecule has 5 amide bonds. The standard InChI is InChI=1S/C39H42N8O3.C38H43N9O3.C38H45N9O2/c1-26(2)50-34-11-9-31(22-40-34)36-33-20-32(10-8-30(33)21-41-36)47-19-15-39(38(47)49)14-18-45(24-39)23-35(48)46-16-12-28(13-17-46)27-4-6-29(7-5-27)37-42-25-44(3)43-37;1-26(2)50-33-11-7-29(22-39-33)35-32-20-31(10-6-28(32)21-40-35)47-15-13-38(37(47)49)12-14-44(24-38)23-34(48)46-18-16-45(17-19-46)30-8-4-27(5-9-30)36-41-25-43(3)42-36;1-27(2)49-34-11-7-30(22-39-34)36-33-20-32(10-6-29(33)21-40-36)47-15-13-38(25-47)12-14-44(24-38)23-35(48)46-18-16-45(17-19-46)31-8-4-28(5-9-31)37-41-26-43(3)42-37/h4-12,20,22,25-26H,13-19,21,23-24H2,1-3H3;4-11,20,22,25-26H,12-19,21,23-24H2,1-3H3;4-11,20,22,26-27H,12-19,21,23-25H2,1-3H3. The van der Waals surface area contributed by atoms with E-state index in [4.69, 9.17) is 29.2 Å².